The maximum atomic E-state index is 11.6. The van der Waals surface area contributed by atoms with E-state index >= 15 is 0 Å². The molecular formula is C11H13N5O2. The zero-order valence-electron chi connectivity index (χ0n) is 10.0. The number of rotatable bonds is 3. The number of aromatic amines is 1. The van der Waals surface area contributed by atoms with Gasteiger partial charge in [0.1, 0.15) is 0 Å². The molecule has 18 heavy (non-hydrogen) atoms. The summed E-state index contributed by atoms with van der Waals surface area (Å²) in [6, 6.07) is 2.96. The lowest BCUT2D eigenvalue weighted by Gasteiger charge is -2.05. The number of pyridine rings is 1. The number of H-pyrrole nitrogens is 1. The average molecular weight is 247 g/mol. The highest BCUT2D eigenvalue weighted by Gasteiger charge is 2.05. The highest BCUT2D eigenvalue weighted by atomic mass is 16.5. The van der Waals surface area contributed by atoms with Gasteiger partial charge in [-0.3, -0.25) is 5.32 Å². The number of anilines is 2. The fourth-order valence-corrected chi connectivity index (χ4v) is 1.32. The van der Waals surface area contributed by atoms with Crippen LogP contribution in [0.4, 0.5) is 16.4 Å². The van der Waals surface area contributed by atoms with Crippen molar-refractivity contribution in [2.75, 3.05) is 17.7 Å². The summed E-state index contributed by atoms with van der Waals surface area (Å²) in [7, 11) is 1.53. The number of carbonyl (C=O) groups excluding carboxylic acids is 1. The number of aromatic nitrogens is 3. The third kappa shape index (κ3) is 2.97. The van der Waals surface area contributed by atoms with E-state index in [1.54, 1.807) is 18.3 Å². The Kier molecular flexibility index (Phi) is 3.42. The highest BCUT2D eigenvalue weighted by Crippen LogP contribution is 2.11. The van der Waals surface area contributed by atoms with E-state index in [2.05, 4.69) is 25.6 Å². The summed E-state index contributed by atoms with van der Waals surface area (Å²) >= 11 is 0. The second kappa shape index (κ2) is 5.17. The van der Waals surface area contributed by atoms with Crippen LogP contribution in [0.15, 0.2) is 24.5 Å². The number of nitrogens with zero attached hydrogens (tertiary/aromatic N) is 2. The molecule has 0 saturated heterocycles. The number of hydrogen-bond acceptors (Lipinski definition) is 4. The monoisotopic (exact) mass is 247 g/mol. The number of nitrogens with one attached hydrogen (secondary N) is 3. The van der Waals surface area contributed by atoms with Gasteiger partial charge in [0.05, 0.1) is 19.0 Å². The predicted molar refractivity (Wildman–Crippen MR) is 66.8 cm³/mol. The molecule has 0 saturated carbocycles. The number of amides is 2. The molecule has 0 bridgehead atoms. The first-order valence-electron chi connectivity index (χ1n) is 5.27. The number of methoxy groups -OCH3 is 1. The van der Waals surface area contributed by atoms with Crippen LogP contribution in [0.2, 0.25) is 0 Å². The van der Waals surface area contributed by atoms with E-state index in [1.807, 2.05) is 6.92 Å². The summed E-state index contributed by atoms with van der Waals surface area (Å²) in [4.78, 5) is 22.4. The Morgan fingerprint density at radius 3 is 2.67 bits per heavy atom. The molecule has 3 N–H and O–H groups in total. The molecule has 2 aromatic heterocycles. The molecule has 2 aromatic rings. The molecule has 7 nitrogen and oxygen atoms in total. The number of hydrogen-bond donors (Lipinski definition) is 3. The van der Waals surface area contributed by atoms with Crippen LogP contribution in [0, 0.1) is 6.92 Å². The third-order valence-corrected chi connectivity index (χ3v) is 2.14. The fourth-order valence-electron chi connectivity index (χ4n) is 1.32. The van der Waals surface area contributed by atoms with Gasteiger partial charge in [0, 0.05) is 18.0 Å². The van der Waals surface area contributed by atoms with Crippen LogP contribution in [0.3, 0.4) is 0 Å². The summed E-state index contributed by atoms with van der Waals surface area (Å²) in [6.07, 6.45) is 3.14. The van der Waals surface area contributed by atoms with Crippen molar-refractivity contribution in [2.24, 2.45) is 0 Å². The minimum absolute atomic E-state index is 0.392. The minimum Gasteiger partial charge on any atom is -0.481 e. The molecule has 94 valence electrons. The smallest absolute Gasteiger partial charge is 0.326 e. The number of urea groups is 1. The molecule has 0 aliphatic heterocycles. The molecule has 0 unspecified atom stereocenters. The summed E-state index contributed by atoms with van der Waals surface area (Å²) < 4.78 is 4.92. The van der Waals surface area contributed by atoms with Crippen molar-refractivity contribution < 1.29 is 9.53 Å². The first kappa shape index (κ1) is 11.9. The Bertz CT molecular complexity index is 535. The molecule has 0 radical (unpaired) electrons. The summed E-state index contributed by atoms with van der Waals surface area (Å²) in [5, 5.41) is 5.19. The maximum Gasteiger partial charge on any atom is 0.326 e. The van der Waals surface area contributed by atoms with E-state index in [0.717, 1.165) is 5.69 Å². The molecule has 0 spiro atoms. The fraction of sp³-hybridized carbons (Fsp3) is 0.182. The summed E-state index contributed by atoms with van der Waals surface area (Å²) in [6.45, 7) is 1.85. The van der Waals surface area contributed by atoms with Crippen molar-refractivity contribution in [3.8, 4) is 5.88 Å². The lowest BCUT2D eigenvalue weighted by Crippen LogP contribution is -2.20. The number of imidazole rings is 1. The van der Waals surface area contributed by atoms with E-state index in [0.29, 0.717) is 17.5 Å². The molecule has 0 aliphatic carbocycles. The van der Waals surface area contributed by atoms with E-state index in [-0.39, 0.29) is 0 Å². The second-order valence-electron chi connectivity index (χ2n) is 3.58. The minimum atomic E-state index is -0.392. The largest absolute Gasteiger partial charge is 0.481 e. The first-order chi connectivity index (χ1) is 8.67. The van der Waals surface area contributed by atoms with Crippen LogP contribution >= 0.6 is 0 Å². The van der Waals surface area contributed by atoms with E-state index in [9.17, 15) is 4.79 Å². The second-order valence-corrected chi connectivity index (χ2v) is 3.58. The van der Waals surface area contributed by atoms with Crippen molar-refractivity contribution in [3.05, 3.63) is 30.2 Å². The van der Waals surface area contributed by atoms with Crippen molar-refractivity contribution in [2.45, 2.75) is 6.92 Å². The van der Waals surface area contributed by atoms with E-state index in [1.165, 1.54) is 13.3 Å². The van der Waals surface area contributed by atoms with E-state index < -0.39 is 6.03 Å². The maximum absolute atomic E-state index is 11.6. The highest BCUT2D eigenvalue weighted by molar-refractivity contribution is 5.98. The molecule has 7 heteroatoms. The van der Waals surface area contributed by atoms with Crippen LogP contribution in [-0.2, 0) is 0 Å². The standard InChI is InChI=1S/C11H13N5O2/c1-7-5-13-10(14-7)16-11(17)15-8-3-4-9(18-2)12-6-8/h3-6H,1-2H3,(H3,13,14,15,16,17). The van der Waals surface area contributed by atoms with Gasteiger partial charge >= 0.3 is 6.03 Å². The molecule has 2 heterocycles. The summed E-state index contributed by atoms with van der Waals surface area (Å²) in [5.74, 6) is 0.883. The van der Waals surface area contributed by atoms with E-state index in [4.69, 9.17) is 4.74 Å². The molecule has 0 atom stereocenters. The molecule has 2 rings (SSSR count). The SMILES string of the molecule is COc1ccc(NC(=O)Nc2ncc(C)[nH]2)cn1. The normalized spacial score (nSPS) is 9.89. The van der Waals surface area contributed by atoms with Gasteiger partial charge in [0.15, 0.2) is 0 Å². The number of carbonyl (C=O) groups is 1. The van der Waals surface area contributed by atoms with Crippen LogP contribution in [-0.4, -0.2) is 28.1 Å². The van der Waals surface area contributed by atoms with Gasteiger partial charge in [-0.05, 0) is 13.0 Å². The molecule has 2 amide bonds. The molecular weight excluding hydrogens is 234 g/mol. The number of ether oxygens (including phenoxy) is 1. The van der Waals surface area contributed by atoms with Gasteiger partial charge in [-0.25, -0.2) is 14.8 Å². The van der Waals surface area contributed by atoms with Gasteiger partial charge in [0.2, 0.25) is 11.8 Å². The first-order valence-corrected chi connectivity index (χ1v) is 5.27. The van der Waals surface area contributed by atoms with Gasteiger partial charge in [-0.2, -0.15) is 0 Å². The Morgan fingerprint density at radius 2 is 2.11 bits per heavy atom. The van der Waals surface area contributed by atoms with Crippen molar-refractivity contribution >= 4 is 17.7 Å². The van der Waals surface area contributed by atoms with Crippen LogP contribution in [0.25, 0.3) is 0 Å². The Hall–Kier alpha value is -2.57. The topological polar surface area (TPSA) is 91.9 Å². The average Bonchev–Trinajstić information content (AvgIpc) is 2.75. The Balaban J connectivity index is 1.94. The van der Waals surface area contributed by atoms with Crippen LogP contribution in [0.1, 0.15) is 5.69 Å². The van der Waals surface area contributed by atoms with Gasteiger partial charge in [-0.1, -0.05) is 0 Å². The van der Waals surface area contributed by atoms with Gasteiger partial charge in [0.25, 0.3) is 0 Å². The Labute approximate surface area is 104 Å². The summed E-state index contributed by atoms with van der Waals surface area (Å²) in [5.41, 5.74) is 1.44. The zero-order valence-corrected chi connectivity index (χ0v) is 10.0. The molecule has 0 fully saturated rings. The van der Waals surface area contributed by atoms with Gasteiger partial charge < -0.3 is 15.0 Å². The van der Waals surface area contributed by atoms with Crippen LogP contribution in [0.5, 0.6) is 5.88 Å². The Morgan fingerprint density at radius 1 is 1.28 bits per heavy atom. The van der Waals surface area contributed by atoms with Crippen LogP contribution < -0.4 is 15.4 Å². The van der Waals surface area contributed by atoms with Gasteiger partial charge in [-0.15, -0.1) is 0 Å². The predicted octanol–water partition coefficient (Wildman–Crippen LogP) is 1.77. The van der Waals surface area contributed by atoms with Crippen molar-refractivity contribution in [1.29, 1.82) is 0 Å². The zero-order chi connectivity index (χ0) is 13.0. The quantitative estimate of drug-likeness (QED) is 0.770. The number of aryl methyl sites for hydroxylation is 1. The molecule has 0 aliphatic rings. The third-order valence-electron chi connectivity index (χ3n) is 2.14. The molecule has 0 aromatic carbocycles. The lowest BCUT2D eigenvalue weighted by atomic mass is 10.4. The van der Waals surface area contributed by atoms with Crippen molar-refractivity contribution in [3.63, 3.8) is 0 Å². The van der Waals surface area contributed by atoms with Crippen molar-refractivity contribution in [1.82, 2.24) is 15.0 Å². The lowest BCUT2D eigenvalue weighted by molar-refractivity contribution is 0.262.